The molecule has 15 heavy (non-hydrogen) atoms. The van der Waals surface area contributed by atoms with Crippen LogP contribution in [0.5, 0.6) is 0 Å². The summed E-state index contributed by atoms with van der Waals surface area (Å²) in [5.41, 5.74) is 0. The van der Waals surface area contributed by atoms with Crippen molar-refractivity contribution >= 4 is 5.91 Å². The Morgan fingerprint density at radius 2 is 2.20 bits per heavy atom. The Bertz CT molecular complexity index is 318. The molecule has 0 saturated heterocycles. The first-order valence-corrected chi connectivity index (χ1v) is 5.43. The van der Waals surface area contributed by atoms with E-state index in [1.54, 1.807) is 0 Å². The number of carbonyl (C=O) groups excluding carboxylic acids is 1. The monoisotopic (exact) mass is 211 g/mol. The highest BCUT2D eigenvalue weighted by molar-refractivity contribution is 5.90. The Labute approximate surface area is 89.2 Å². The first-order chi connectivity index (χ1) is 7.31. The highest BCUT2D eigenvalue weighted by Gasteiger charge is 2.30. The van der Waals surface area contributed by atoms with Crippen LogP contribution in [-0.4, -0.2) is 22.6 Å². The van der Waals surface area contributed by atoms with E-state index in [-0.39, 0.29) is 11.7 Å². The topological polar surface area (TPSA) is 68.0 Å². The summed E-state index contributed by atoms with van der Waals surface area (Å²) in [6, 6.07) is 0. The summed E-state index contributed by atoms with van der Waals surface area (Å²) in [5, 5.41) is 6.21. The zero-order chi connectivity index (χ0) is 11.3. The zero-order valence-corrected chi connectivity index (χ0v) is 9.41. The highest BCUT2D eigenvalue weighted by Crippen LogP contribution is 2.38. The number of hydrogen-bond donors (Lipinski definition) is 1. The van der Waals surface area contributed by atoms with Gasteiger partial charge in [-0.2, -0.15) is 4.98 Å². The molecule has 1 aromatic heterocycles. The Morgan fingerprint density at radius 3 is 2.73 bits per heavy atom. The molecule has 0 atom stereocenters. The lowest BCUT2D eigenvalue weighted by molar-refractivity contribution is 0.0942. The zero-order valence-electron chi connectivity index (χ0n) is 9.41. The third-order valence-electron chi connectivity index (χ3n) is 1.91. The van der Waals surface area contributed by atoms with Crippen molar-refractivity contribution in [2.75, 3.05) is 6.54 Å². The predicted molar refractivity (Wildman–Crippen MR) is 55.6 cm³/mol. The van der Waals surface area contributed by atoms with Gasteiger partial charge in [0.15, 0.2) is 0 Å². The molecule has 1 fully saturated rings. The Morgan fingerprint density at radius 1 is 1.53 bits per heavy atom. The minimum absolute atomic E-state index is 0.142. The minimum Gasteiger partial charge on any atom is -0.349 e. The van der Waals surface area contributed by atoms with Crippen molar-refractivity contribution in [1.82, 2.24) is 15.5 Å². The van der Waals surface area contributed by atoms with Gasteiger partial charge in [0, 0.05) is 12.5 Å². The van der Waals surface area contributed by atoms with Crippen molar-refractivity contribution < 1.29 is 9.32 Å². The van der Waals surface area contributed by atoms with Crippen molar-refractivity contribution in [2.45, 2.75) is 39.5 Å². The molecule has 84 valence electrons. The molecule has 1 aliphatic carbocycles. The SMILES string of the molecule is CC.CCNC(=O)c1noc(C2CC2)n1. The van der Waals surface area contributed by atoms with E-state index in [1.165, 1.54) is 0 Å². The summed E-state index contributed by atoms with van der Waals surface area (Å²) < 4.78 is 4.93. The van der Waals surface area contributed by atoms with E-state index in [4.69, 9.17) is 4.52 Å². The summed E-state index contributed by atoms with van der Waals surface area (Å²) in [5.74, 6) is 0.874. The van der Waals surface area contributed by atoms with Crippen LogP contribution in [0.2, 0.25) is 0 Å². The number of carbonyl (C=O) groups is 1. The Kier molecular flexibility index (Phi) is 4.27. The van der Waals surface area contributed by atoms with E-state index >= 15 is 0 Å². The molecule has 5 heteroatoms. The average molecular weight is 211 g/mol. The number of nitrogens with one attached hydrogen (secondary N) is 1. The average Bonchev–Trinajstić information content (AvgIpc) is 3.00. The predicted octanol–water partition coefficient (Wildman–Crippen LogP) is 1.72. The number of rotatable bonds is 3. The smallest absolute Gasteiger partial charge is 0.292 e. The number of hydrogen-bond acceptors (Lipinski definition) is 4. The van der Waals surface area contributed by atoms with Gasteiger partial charge in [-0.05, 0) is 19.8 Å². The van der Waals surface area contributed by atoms with Gasteiger partial charge < -0.3 is 9.84 Å². The molecular weight excluding hydrogens is 194 g/mol. The van der Waals surface area contributed by atoms with E-state index < -0.39 is 0 Å². The quantitative estimate of drug-likeness (QED) is 0.826. The maximum Gasteiger partial charge on any atom is 0.292 e. The summed E-state index contributed by atoms with van der Waals surface area (Å²) >= 11 is 0. The van der Waals surface area contributed by atoms with Crippen LogP contribution in [0.25, 0.3) is 0 Å². The third-order valence-corrected chi connectivity index (χ3v) is 1.91. The van der Waals surface area contributed by atoms with Crippen LogP contribution >= 0.6 is 0 Å². The third kappa shape index (κ3) is 3.04. The van der Waals surface area contributed by atoms with Gasteiger partial charge in [-0.25, -0.2) is 0 Å². The Hall–Kier alpha value is -1.39. The second kappa shape index (κ2) is 5.48. The molecule has 1 aromatic rings. The summed E-state index contributed by atoms with van der Waals surface area (Å²) in [6.07, 6.45) is 2.19. The van der Waals surface area contributed by atoms with Crippen LogP contribution in [0, 0.1) is 0 Å². The molecule has 5 nitrogen and oxygen atoms in total. The molecule has 1 N–H and O–H groups in total. The number of amides is 1. The fourth-order valence-corrected chi connectivity index (χ4v) is 1.06. The summed E-state index contributed by atoms with van der Waals surface area (Å²) in [4.78, 5) is 15.2. The number of aromatic nitrogens is 2. The molecule has 0 spiro atoms. The van der Waals surface area contributed by atoms with E-state index in [2.05, 4.69) is 15.5 Å². The van der Waals surface area contributed by atoms with Crippen LogP contribution in [0.1, 0.15) is 56.0 Å². The highest BCUT2D eigenvalue weighted by atomic mass is 16.5. The van der Waals surface area contributed by atoms with E-state index in [0.717, 1.165) is 12.8 Å². The maximum atomic E-state index is 11.2. The lowest BCUT2D eigenvalue weighted by Gasteiger charge is -1.93. The van der Waals surface area contributed by atoms with E-state index in [0.29, 0.717) is 18.4 Å². The van der Waals surface area contributed by atoms with Gasteiger partial charge in [0.1, 0.15) is 0 Å². The van der Waals surface area contributed by atoms with Crippen molar-refractivity contribution in [1.29, 1.82) is 0 Å². The van der Waals surface area contributed by atoms with Gasteiger partial charge in [0.05, 0.1) is 0 Å². The molecule has 2 rings (SSSR count). The first-order valence-electron chi connectivity index (χ1n) is 5.43. The lowest BCUT2D eigenvalue weighted by Crippen LogP contribution is -2.23. The van der Waals surface area contributed by atoms with E-state index in [1.807, 2.05) is 20.8 Å². The fraction of sp³-hybridized carbons (Fsp3) is 0.700. The molecule has 1 amide bonds. The largest absolute Gasteiger partial charge is 0.349 e. The van der Waals surface area contributed by atoms with Gasteiger partial charge in [-0.3, -0.25) is 4.79 Å². The van der Waals surface area contributed by atoms with Crippen LogP contribution in [0.3, 0.4) is 0 Å². The van der Waals surface area contributed by atoms with Gasteiger partial charge in [0.25, 0.3) is 11.7 Å². The van der Waals surface area contributed by atoms with Crippen molar-refractivity contribution in [3.8, 4) is 0 Å². The normalized spacial score (nSPS) is 14.1. The summed E-state index contributed by atoms with van der Waals surface area (Å²) in [7, 11) is 0. The van der Waals surface area contributed by atoms with Crippen molar-refractivity contribution in [2.24, 2.45) is 0 Å². The molecule has 0 aliphatic heterocycles. The molecule has 0 unspecified atom stereocenters. The van der Waals surface area contributed by atoms with Gasteiger partial charge in [-0.1, -0.05) is 19.0 Å². The number of nitrogens with zero attached hydrogens (tertiary/aromatic N) is 2. The van der Waals surface area contributed by atoms with Crippen LogP contribution in [0.4, 0.5) is 0 Å². The fourth-order valence-electron chi connectivity index (χ4n) is 1.06. The van der Waals surface area contributed by atoms with E-state index in [9.17, 15) is 4.79 Å². The van der Waals surface area contributed by atoms with Crippen molar-refractivity contribution in [3.63, 3.8) is 0 Å². The maximum absolute atomic E-state index is 11.2. The lowest BCUT2D eigenvalue weighted by atomic mass is 10.4. The molecule has 0 bridgehead atoms. The van der Waals surface area contributed by atoms with Gasteiger partial charge >= 0.3 is 0 Å². The van der Waals surface area contributed by atoms with Crippen LogP contribution in [-0.2, 0) is 0 Å². The second-order valence-electron chi connectivity index (χ2n) is 3.09. The molecule has 1 saturated carbocycles. The molecule has 0 radical (unpaired) electrons. The van der Waals surface area contributed by atoms with Gasteiger partial charge in [-0.15, -0.1) is 0 Å². The minimum atomic E-state index is -0.266. The second-order valence-corrected chi connectivity index (χ2v) is 3.09. The first kappa shape index (κ1) is 11.7. The standard InChI is InChI=1S/C8H11N3O2.C2H6/c1-2-9-7(12)6-10-8(13-11-6)5-3-4-5;1-2/h5H,2-4H2,1H3,(H,9,12);1-2H3. The molecule has 0 aromatic carbocycles. The van der Waals surface area contributed by atoms with Crippen LogP contribution < -0.4 is 5.32 Å². The molecule has 1 aliphatic rings. The summed E-state index contributed by atoms with van der Waals surface area (Å²) in [6.45, 7) is 6.42. The van der Waals surface area contributed by atoms with Crippen LogP contribution in [0.15, 0.2) is 4.52 Å². The Balaban J connectivity index is 0.000000531. The molecular formula is C10H17N3O2. The molecule has 1 heterocycles. The van der Waals surface area contributed by atoms with Gasteiger partial charge in [0.2, 0.25) is 5.89 Å². The van der Waals surface area contributed by atoms with Crippen molar-refractivity contribution in [3.05, 3.63) is 11.7 Å².